The Kier molecular flexibility index (Phi) is 4.44. The van der Waals surface area contributed by atoms with Crippen LogP contribution in [0.2, 0.25) is 0 Å². The van der Waals surface area contributed by atoms with Crippen LogP contribution >= 0.6 is 11.3 Å². The van der Waals surface area contributed by atoms with Crippen LogP contribution in [0.15, 0.2) is 5.38 Å². The van der Waals surface area contributed by atoms with Gasteiger partial charge in [0.05, 0.1) is 5.01 Å². The highest BCUT2D eigenvalue weighted by molar-refractivity contribution is 7.09. The fraction of sp³-hybridized carbons (Fsp3) is 0.636. The lowest BCUT2D eigenvalue weighted by molar-refractivity contribution is 0.0881. The standard InChI is InChI=1S/C11H18N2O2S/c1-4-11(3,5-6-14)13-10(15)9-7-16-8(2)12-9/h7,14H,4-6H2,1-3H3,(H,13,15). The zero-order valence-corrected chi connectivity index (χ0v) is 10.7. The van der Waals surface area contributed by atoms with Gasteiger partial charge in [0.25, 0.3) is 5.91 Å². The molecule has 0 saturated heterocycles. The molecule has 2 N–H and O–H groups in total. The molecule has 16 heavy (non-hydrogen) atoms. The Hall–Kier alpha value is -0.940. The van der Waals surface area contributed by atoms with Crippen molar-refractivity contribution >= 4 is 17.2 Å². The van der Waals surface area contributed by atoms with E-state index in [1.165, 1.54) is 11.3 Å². The second-order valence-electron chi connectivity index (χ2n) is 4.09. The molecule has 0 radical (unpaired) electrons. The van der Waals surface area contributed by atoms with Gasteiger partial charge in [0, 0.05) is 17.5 Å². The number of nitrogens with zero attached hydrogens (tertiary/aromatic N) is 1. The number of aliphatic hydroxyl groups excluding tert-OH is 1. The van der Waals surface area contributed by atoms with Crippen LogP contribution < -0.4 is 5.32 Å². The third-order valence-corrected chi connectivity index (χ3v) is 3.48. The van der Waals surface area contributed by atoms with E-state index in [9.17, 15) is 4.79 Å². The van der Waals surface area contributed by atoms with E-state index in [1.54, 1.807) is 5.38 Å². The largest absolute Gasteiger partial charge is 0.396 e. The van der Waals surface area contributed by atoms with E-state index in [-0.39, 0.29) is 18.1 Å². The van der Waals surface area contributed by atoms with Gasteiger partial charge in [-0.3, -0.25) is 4.79 Å². The number of rotatable bonds is 5. The van der Waals surface area contributed by atoms with Gasteiger partial charge in [0.2, 0.25) is 0 Å². The van der Waals surface area contributed by atoms with Gasteiger partial charge < -0.3 is 10.4 Å². The smallest absolute Gasteiger partial charge is 0.271 e. The van der Waals surface area contributed by atoms with Crippen LogP contribution in [0.3, 0.4) is 0 Å². The van der Waals surface area contributed by atoms with E-state index in [0.29, 0.717) is 12.1 Å². The summed E-state index contributed by atoms with van der Waals surface area (Å²) in [7, 11) is 0. The summed E-state index contributed by atoms with van der Waals surface area (Å²) in [5.74, 6) is -0.165. The van der Waals surface area contributed by atoms with Crippen LogP contribution in [0.25, 0.3) is 0 Å². The SMILES string of the molecule is CCC(C)(CCO)NC(=O)c1csc(C)n1. The third-order valence-electron chi connectivity index (χ3n) is 2.71. The Balaban J connectivity index is 2.69. The normalized spacial score (nSPS) is 14.5. The van der Waals surface area contributed by atoms with Gasteiger partial charge in [-0.2, -0.15) is 0 Å². The van der Waals surface area contributed by atoms with E-state index in [1.807, 2.05) is 20.8 Å². The average Bonchev–Trinajstić information content (AvgIpc) is 2.65. The first-order valence-corrected chi connectivity index (χ1v) is 6.24. The molecule has 0 aliphatic carbocycles. The molecule has 5 heteroatoms. The molecule has 90 valence electrons. The Bertz CT molecular complexity index is 365. The number of thiazole rings is 1. The summed E-state index contributed by atoms with van der Waals surface area (Å²) in [5, 5.41) is 14.5. The fourth-order valence-electron chi connectivity index (χ4n) is 1.38. The summed E-state index contributed by atoms with van der Waals surface area (Å²) in [6.07, 6.45) is 1.33. The van der Waals surface area contributed by atoms with E-state index in [2.05, 4.69) is 10.3 Å². The van der Waals surface area contributed by atoms with Crippen molar-refractivity contribution < 1.29 is 9.90 Å². The van der Waals surface area contributed by atoms with E-state index in [4.69, 9.17) is 5.11 Å². The van der Waals surface area contributed by atoms with Crippen molar-refractivity contribution in [3.05, 3.63) is 16.1 Å². The molecule has 1 aromatic heterocycles. The first kappa shape index (κ1) is 13.1. The van der Waals surface area contributed by atoms with Crippen molar-refractivity contribution in [3.63, 3.8) is 0 Å². The van der Waals surface area contributed by atoms with Gasteiger partial charge in [-0.15, -0.1) is 11.3 Å². The predicted octanol–water partition coefficient (Wildman–Crippen LogP) is 1.73. The zero-order valence-electron chi connectivity index (χ0n) is 9.91. The molecule has 0 bridgehead atoms. The molecule has 1 aromatic rings. The minimum absolute atomic E-state index is 0.0702. The molecular weight excluding hydrogens is 224 g/mol. The number of carbonyl (C=O) groups excluding carboxylic acids is 1. The molecule has 1 atom stereocenters. The maximum atomic E-state index is 11.9. The Morgan fingerprint density at radius 3 is 2.81 bits per heavy atom. The lowest BCUT2D eigenvalue weighted by Gasteiger charge is -2.28. The highest BCUT2D eigenvalue weighted by Crippen LogP contribution is 2.15. The third kappa shape index (κ3) is 3.28. The maximum absolute atomic E-state index is 11.9. The number of aliphatic hydroxyl groups is 1. The van der Waals surface area contributed by atoms with Gasteiger partial charge in [0.15, 0.2) is 0 Å². The first-order chi connectivity index (χ1) is 7.50. The molecule has 1 unspecified atom stereocenters. The van der Waals surface area contributed by atoms with Crippen molar-refractivity contribution in [1.82, 2.24) is 10.3 Å². The molecule has 0 aliphatic rings. The van der Waals surface area contributed by atoms with Crippen LogP contribution in [0.4, 0.5) is 0 Å². The Labute approximate surface area is 99.7 Å². The molecule has 4 nitrogen and oxygen atoms in total. The van der Waals surface area contributed by atoms with Crippen molar-refractivity contribution in [2.45, 2.75) is 39.2 Å². The average molecular weight is 242 g/mol. The number of amides is 1. The number of hydrogen-bond acceptors (Lipinski definition) is 4. The fourth-order valence-corrected chi connectivity index (χ4v) is 1.97. The number of hydrogen-bond donors (Lipinski definition) is 2. The second kappa shape index (κ2) is 5.41. The Morgan fingerprint density at radius 2 is 2.38 bits per heavy atom. The summed E-state index contributed by atoms with van der Waals surface area (Å²) in [5.41, 5.74) is 0.101. The maximum Gasteiger partial charge on any atom is 0.271 e. The molecule has 1 heterocycles. The second-order valence-corrected chi connectivity index (χ2v) is 5.16. The van der Waals surface area contributed by atoms with Gasteiger partial charge in [0.1, 0.15) is 5.69 Å². The molecule has 1 amide bonds. The topological polar surface area (TPSA) is 62.2 Å². The lowest BCUT2D eigenvalue weighted by atomic mass is 9.95. The van der Waals surface area contributed by atoms with Crippen molar-refractivity contribution in [3.8, 4) is 0 Å². The van der Waals surface area contributed by atoms with Crippen LogP contribution in [-0.2, 0) is 0 Å². The minimum atomic E-state index is -0.358. The molecular formula is C11H18N2O2S. The van der Waals surface area contributed by atoms with Crippen LogP contribution in [0.5, 0.6) is 0 Å². The summed E-state index contributed by atoms with van der Waals surface area (Å²) in [6.45, 7) is 5.86. The van der Waals surface area contributed by atoms with Crippen LogP contribution in [0, 0.1) is 6.92 Å². The van der Waals surface area contributed by atoms with Crippen molar-refractivity contribution in [1.29, 1.82) is 0 Å². The van der Waals surface area contributed by atoms with Gasteiger partial charge in [-0.25, -0.2) is 4.98 Å². The lowest BCUT2D eigenvalue weighted by Crippen LogP contribution is -2.46. The molecule has 0 fully saturated rings. The van der Waals surface area contributed by atoms with Crippen LogP contribution in [0.1, 0.15) is 42.2 Å². The van der Waals surface area contributed by atoms with Crippen molar-refractivity contribution in [2.75, 3.05) is 6.61 Å². The van der Waals surface area contributed by atoms with E-state index < -0.39 is 0 Å². The van der Waals surface area contributed by atoms with Gasteiger partial charge in [-0.05, 0) is 26.7 Å². The molecule has 1 rings (SSSR count). The van der Waals surface area contributed by atoms with Crippen molar-refractivity contribution in [2.24, 2.45) is 0 Å². The summed E-state index contributed by atoms with van der Waals surface area (Å²) in [6, 6.07) is 0. The molecule has 0 saturated carbocycles. The minimum Gasteiger partial charge on any atom is -0.396 e. The summed E-state index contributed by atoms with van der Waals surface area (Å²) < 4.78 is 0. The quantitative estimate of drug-likeness (QED) is 0.826. The van der Waals surface area contributed by atoms with E-state index in [0.717, 1.165) is 11.4 Å². The molecule has 0 spiro atoms. The van der Waals surface area contributed by atoms with E-state index >= 15 is 0 Å². The summed E-state index contributed by atoms with van der Waals surface area (Å²) in [4.78, 5) is 16.0. The monoisotopic (exact) mass is 242 g/mol. The van der Waals surface area contributed by atoms with Gasteiger partial charge in [-0.1, -0.05) is 6.92 Å². The highest BCUT2D eigenvalue weighted by Gasteiger charge is 2.24. The summed E-state index contributed by atoms with van der Waals surface area (Å²) >= 11 is 1.46. The zero-order chi connectivity index (χ0) is 12.2. The molecule has 0 aliphatic heterocycles. The first-order valence-electron chi connectivity index (χ1n) is 5.36. The number of aromatic nitrogens is 1. The Morgan fingerprint density at radius 1 is 1.69 bits per heavy atom. The predicted molar refractivity (Wildman–Crippen MR) is 64.7 cm³/mol. The number of aryl methyl sites for hydroxylation is 1. The number of carbonyl (C=O) groups is 1. The van der Waals surface area contributed by atoms with Gasteiger partial charge >= 0.3 is 0 Å². The highest BCUT2D eigenvalue weighted by atomic mass is 32.1. The number of nitrogens with one attached hydrogen (secondary N) is 1. The van der Waals surface area contributed by atoms with Crippen LogP contribution in [-0.4, -0.2) is 28.1 Å². The molecule has 0 aromatic carbocycles.